The van der Waals surface area contributed by atoms with E-state index in [-0.39, 0.29) is 5.92 Å². The molecule has 1 saturated carbocycles. The van der Waals surface area contributed by atoms with Crippen LogP contribution in [0, 0.1) is 11.8 Å². The average Bonchev–Trinajstić information content (AvgIpc) is 2.17. The van der Waals surface area contributed by atoms with Gasteiger partial charge in [-0.2, -0.15) is 0 Å². The zero-order chi connectivity index (χ0) is 12.1. The summed E-state index contributed by atoms with van der Waals surface area (Å²) < 4.78 is 12.0. The standard InChI is InChI=1S/C12H22O3S/c1-9(2)11(12(13)14)16(15)8-10-6-4-3-5-7-10/h9-11H,3-8H2,1-2H3,(H,13,14). The molecule has 0 bridgehead atoms. The van der Waals surface area contributed by atoms with Crippen LogP contribution in [0.4, 0.5) is 0 Å². The molecule has 0 aromatic heterocycles. The highest BCUT2D eigenvalue weighted by atomic mass is 32.2. The van der Waals surface area contributed by atoms with Crippen LogP contribution in [0.25, 0.3) is 0 Å². The molecular weight excluding hydrogens is 224 g/mol. The molecule has 1 fully saturated rings. The molecule has 3 nitrogen and oxygen atoms in total. The monoisotopic (exact) mass is 246 g/mol. The van der Waals surface area contributed by atoms with Gasteiger partial charge in [-0.3, -0.25) is 9.00 Å². The van der Waals surface area contributed by atoms with Crippen molar-refractivity contribution in [2.75, 3.05) is 5.75 Å². The molecule has 0 aromatic carbocycles. The smallest absolute Gasteiger partial charge is 0.319 e. The summed E-state index contributed by atoms with van der Waals surface area (Å²) in [7, 11) is -1.22. The maximum absolute atomic E-state index is 12.0. The topological polar surface area (TPSA) is 54.4 Å². The van der Waals surface area contributed by atoms with E-state index in [4.69, 9.17) is 5.11 Å². The van der Waals surface area contributed by atoms with Crippen LogP contribution in [0.5, 0.6) is 0 Å². The van der Waals surface area contributed by atoms with Gasteiger partial charge in [-0.1, -0.05) is 33.1 Å². The lowest BCUT2D eigenvalue weighted by Crippen LogP contribution is -2.34. The molecule has 0 radical (unpaired) electrons. The molecule has 1 rings (SSSR count). The first-order valence-electron chi connectivity index (χ1n) is 6.12. The fourth-order valence-electron chi connectivity index (χ4n) is 2.39. The lowest BCUT2D eigenvalue weighted by atomic mass is 9.91. The van der Waals surface area contributed by atoms with Crippen LogP contribution in [-0.2, 0) is 15.6 Å². The largest absolute Gasteiger partial charge is 0.480 e. The van der Waals surface area contributed by atoms with Crippen molar-refractivity contribution in [3.8, 4) is 0 Å². The van der Waals surface area contributed by atoms with Gasteiger partial charge in [0, 0.05) is 16.6 Å². The SMILES string of the molecule is CC(C)C(C(=O)O)S(=O)CC1CCCCC1. The Balaban J connectivity index is 2.51. The zero-order valence-corrected chi connectivity index (χ0v) is 11.0. The summed E-state index contributed by atoms with van der Waals surface area (Å²) in [6, 6.07) is 0. The molecule has 16 heavy (non-hydrogen) atoms. The number of hydrogen-bond acceptors (Lipinski definition) is 2. The highest BCUT2D eigenvalue weighted by molar-refractivity contribution is 7.86. The van der Waals surface area contributed by atoms with E-state index in [1.807, 2.05) is 13.8 Å². The van der Waals surface area contributed by atoms with Crippen molar-refractivity contribution in [3.63, 3.8) is 0 Å². The second-order valence-corrected chi connectivity index (χ2v) is 6.66. The van der Waals surface area contributed by atoms with Crippen LogP contribution in [-0.4, -0.2) is 26.3 Å². The number of aliphatic carboxylic acids is 1. The molecule has 2 unspecified atom stereocenters. The summed E-state index contributed by atoms with van der Waals surface area (Å²) in [4.78, 5) is 11.0. The van der Waals surface area contributed by atoms with Crippen molar-refractivity contribution >= 4 is 16.8 Å². The summed E-state index contributed by atoms with van der Waals surface area (Å²) in [5.74, 6) is 0.0936. The summed E-state index contributed by atoms with van der Waals surface area (Å²) >= 11 is 0. The van der Waals surface area contributed by atoms with Crippen LogP contribution in [0.15, 0.2) is 0 Å². The van der Waals surface area contributed by atoms with Gasteiger partial charge in [0.2, 0.25) is 0 Å². The fraction of sp³-hybridized carbons (Fsp3) is 0.917. The fourth-order valence-corrected chi connectivity index (χ4v) is 4.23. The Bertz CT molecular complexity index is 257. The quantitative estimate of drug-likeness (QED) is 0.810. The lowest BCUT2D eigenvalue weighted by molar-refractivity contribution is -0.137. The second-order valence-electron chi connectivity index (χ2n) is 5.05. The van der Waals surface area contributed by atoms with Crippen LogP contribution in [0.3, 0.4) is 0 Å². The summed E-state index contributed by atoms with van der Waals surface area (Å²) in [6.45, 7) is 3.66. The number of rotatable bonds is 5. The second kappa shape index (κ2) is 6.38. The molecule has 0 aliphatic heterocycles. The van der Waals surface area contributed by atoms with Gasteiger partial charge in [0.05, 0.1) is 0 Å². The minimum absolute atomic E-state index is 0.0538. The van der Waals surface area contributed by atoms with Gasteiger partial charge in [-0.05, 0) is 24.7 Å². The molecule has 94 valence electrons. The first kappa shape index (κ1) is 13.7. The normalized spacial score (nSPS) is 21.9. The Labute approximate surface area is 100 Å². The van der Waals surface area contributed by atoms with Crippen LogP contribution < -0.4 is 0 Å². The molecule has 1 aliphatic rings. The van der Waals surface area contributed by atoms with Gasteiger partial charge in [0.15, 0.2) is 0 Å². The number of hydrogen-bond donors (Lipinski definition) is 1. The maximum Gasteiger partial charge on any atom is 0.319 e. The van der Waals surface area contributed by atoms with Crippen molar-refractivity contribution in [2.45, 2.75) is 51.2 Å². The van der Waals surface area contributed by atoms with Crippen molar-refractivity contribution in [3.05, 3.63) is 0 Å². The predicted octanol–water partition coefficient (Wildman–Crippen LogP) is 2.42. The summed E-state index contributed by atoms with van der Waals surface area (Å²) in [6.07, 6.45) is 5.94. The lowest BCUT2D eigenvalue weighted by Gasteiger charge is -2.23. The van der Waals surface area contributed by atoms with E-state index >= 15 is 0 Å². The Morgan fingerprint density at radius 3 is 2.31 bits per heavy atom. The minimum Gasteiger partial charge on any atom is -0.480 e. The van der Waals surface area contributed by atoms with Gasteiger partial charge in [-0.15, -0.1) is 0 Å². The molecule has 2 atom stereocenters. The Morgan fingerprint density at radius 1 is 1.31 bits per heavy atom. The third-order valence-electron chi connectivity index (χ3n) is 3.26. The van der Waals surface area contributed by atoms with E-state index in [0.29, 0.717) is 11.7 Å². The van der Waals surface area contributed by atoms with E-state index in [2.05, 4.69) is 0 Å². The molecule has 1 N–H and O–H groups in total. The number of carboxylic acids is 1. The van der Waals surface area contributed by atoms with Crippen LogP contribution in [0.2, 0.25) is 0 Å². The highest BCUT2D eigenvalue weighted by Gasteiger charge is 2.30. The molecule has 1 aliphatic carbocycles. The van der Waals surface area contributed by atoms with E-state index in [9.17, 15) is 9.00 Å². The van der Waals surface area contributed by atoms with E-state index < -0.39 is 22.0 Å². The molecule has 0 aromatic rings. The van der Waals surface area contributed by atoms with Gasteiger partial charge in [0.25, 0.3) is 0 Å². The van der Waals surface area contributed by atoms with Gasteiger partial charge in [0.1, 0.15) is 5.25 Å². The van der Waals surface area contributed by atoms with Crippen molar-refractivity contribution < 1.29 is 14.1 Å². The number of carboxylic acid groups (broad SMARTS) is 1. The molecule has 0 spiro atoms. The number of carbonyl (C=O) groups is 1. The van der Waals surface area contributed by atoms with Crippen molar-refractivity contribution in [2.24, 2.45) is 11.8 Å². The molecule has 4 heteroatoms. The minimum atomic E-state index is -1.22. The molecule has 0 heterocycles. The zero-order valence-electron chi connectivity index (χ0n) is 10.1. The first-order chi connectivity index (χ1) is 7.52. The third-order valence-corrected chi connectivity index (χ3v) is 5.37. The molecule has 0 amide bonds. The summed E-state index contributed by atoms with van der Waals surface area (Å²) in [5.41, 5.74) is 0. The van der Waals surface area contributed by atoms with Crippen LogP contribution in [0.1, 0.15) is 46.0 Å². The highest BCUT2D eigenvalue weighted by Crippen LogP contribution is 2.25. The molecule has 0 saturated heterocycles. The Morgan fingerprint density at radius 2 is 1.88 bits per heavy atom. The van der Waals surface area contributed by atoms with E-state index in [1.54, 1.807) is 0 Å². The first-order valence-corrected chi connectivity index (χ1v) is 7.50. The maximum atomic E-state index is 12.0. The molecular formula is C12H22O3S. The van der Waals surface area contributed by atoms with Gasteiger partial charge < -0.3 is 5.11 Å². The van der Waals surface area contributed by atoms with Gasteiger partial charge >= 0.3 is 5.97 Å². The van der Waals surface area contributed by atoms with Crippen molar-refractivity contribution in [1.82, 2.24) is 0 Å². The Kier molecular flexibility index (Phi) is 5.46. The van der Waals surface area contributed by atoms with Crippen LogP contribution >= 0.6 is 0 Å². The predicted molar refractivity (Wildman–Crippen MR) is 65.8 cm³/mol. The average molecular weight is 246 g/mol. The van der Waals surface area contributed by atoms with E-state index in [0.717, 1.165) is 12.8 Å². The van der Waals surface area contributed by atoms with Gasteiger partial charge in [-0.25, -0.2) is 0 Å². The summed E-state index contributed by atoms with van der Waals surface area (Å²) in [5, 5.41) is 8.36. The van der Waals surface area contributed by atoms with Crippen molar-refractivity contribution in [1.29, 1.82) is 0 Å². The third kappa shape index (κ3) is 3.89. The van der Waals surface area contributed by atoms with E-state index in [1.165, 1.54) is 19.3 Å². The Hall–Kier alpha value is -0.380.